The van der Waals surface area contributed by atoms with Crippen LogP contribution in [0.1, 0.15) is 42.7 Å². The molecule has 2 heterocycles. The molecule has 7 heteroatoms. The predicted molar refractivity (Wildman–Crippen MR) is 84.3 cm³/mol. The topological polar surface area (TPSA) is 82.5 Å². The van der Waals surface area contributed by atoms with Gasteiger partial charge in [0, 0.05) is 18.0 Å². The molecule has 1 aliphatic heterocycles. The quantitative estimate of drug-likeness (QED) is 0.820. The third-order valence-corrected chi connectivity index (χ3v) is 5.44. The molecular formula is C15H21N3O3S. The molecule has 1 fully saturated rings. The zero-order valence-corrected chi connectivity index (χ0v) is 13.3. The van der Waals surface area contributed by atoms with Crippen molar-refractivity contribution in [1.29, 1.82) is 0 Å². The van der Waals surface area contributed by atoms with Gasteiger partial charge >= 0.3 is 12.0 Å². The highest BCUT2D eigenvalue weighted by atomic mass is 32.1. The first-order valence-corrected chi connectivity index (χ1v) is 8.72. The van der Waals surface area contributed by atoms with Gasteiger partial charge in [-0.1, -0.05) is 6.42 Å². The minimum absolute atomic E-state index is 0.227. The van der Waals surface area contributed by atoms with E-state index in [0.29, 0.717) is 18.1 Å². The molecule has 0 saturated carbocycles. The van der Waals surface area contributed by atoms with Crippen LogP contribution in [-0.4, -0.2) is 40.1 Å². The number of aliphatic carboxylic acids is 1. The largest absolute Gasteiger partial charge is 0.481 e. The number of carboxylic acids is 1. The van der Waals surface area contributed by atoms with Gasteiger partial charge in [0.25, 0.3) is 0 Å². The Morgan fingerprint density at radius 3 is 2.86 bits per heavy atom. The summed E-state index contributed by atoms with van der Waals surface area (Å²) in [4.78, 5) is 30.8. The Balaban J connectivity index is 1.63. The van der Waals surface area contributed by atoms with Gasteiger partial charge in [0.1, 0.15) is 0 Å². The number of piperidine rings is 1. The predicted octanol–water partition coefficient (Wildman–Crippen LogP) is 2.74. The van der Waals surface area contributed by atoms with Crippen molar-refractivity contribution < 1.29 is 14.7 Å². The van der Waals surface area contributed by atoms with E-state index in [1.807, 2.05) is 0 Å². The number of rotatable bonds is 2. The Bertz CT molecular complexity index is 549. The van der Waals surface area contributed by atoms with E-state index in [-0.39, 0.29) is 12.6 Å². The highest BCUT2D eigenvalue weighted by molar-refractivity contribution is 7.15. The number of fused-ring (bicyclic) bond motifs is 1. The number of hydrogen-bond donors (Lipinski definition) is 2. The number of hydrogen-bond acceptors (Lipinski definition) is 4. The molecule has 1 aromatic rings. The molecule has 0 bridgehead atoms. The molecule has 0 spiro atoms. The van der Waals surface area contributed by atoms with E-state index in [1.54, 1.807) is 16.2 Å². The van der Waals surface area contributed by atoms with E-state index in [2.05, 4.69) is 10.3 Å². The van der Waals surface area contributed by atoms with E-state index in [4.69, 9.17) is 5.11 Å². The normalized spacial score (nSPS) is 21.8. The standard InChI is InChI=1S/C15H21N3O3S/c19-13(20)10-5-4-8-18(9-10)15(21)17-14-16-11-6-2-1-3-7-12(11)22-14/h10H,1-9H2,(H,19,20)(H,16,17,21). The SMILES string of the molecule is O=C(O)C1CCCN(C(=O)Nc2nc3c(s2)CCCCC3)C1. The number of anilines is 1. The lowest BCUT2D eigenvalue weighted by Crippen LogP contribution is -2.44. The molecule has 1 aromatic heterocycles. The number of carbonyl (C=O) groups is 2. The summed E-state index contributed by atoms with van der Waals surface area (Å²) in [5.74, 6) is -1.27. The second-order valence-corrected chi connectivity index (χ2v) is 7.09. The van der Waals surface area contributed by atoms with Crippen LogP contribution >= 0.6 is 11.3 Å². The van der Waals surface area contributed by atoms with Gasteiger partial charge in [-0.3, -0.25) is 10.1 Å². The summed E-state index contributed by atoms with van der Waals surface area (Å²) in [6.07, 6.45) is 7.02. The molecule has 1 atom stereocenters. The molecule has 1 aliphatic carbocycles. The lowest BCUT2D eigenvalue weighted by Gasteiger charge is -2.30. The zero-order chi connectivity index (χ0) is 15.5. The molecule has 2 amide bonds. The van der Waals surface area contributed by atoms with Crippen LogP contribution in [0.2, 0.25) is 0 Å². The van der Waals surface area contributed by atoms with Crippen molar-refractivity contribution in [3.63, 3.8) is 0 Å². The smallest absolute Gasteiger partial charge is 0.323 e. The summed E-state index contributed by atoms with van der Waals surface area (Å²) in [5, 5.41) is 12.6. The van der Waals surface area contributed by atoms with Gasteiger partial charge in [-0.15, -0.1) is 11.3 Å². The Kier molecular flexibility index (Phi) is 4.61. The molecule has 2 aliphatic rings. The van der Waals surface area contributed by atoms with E-state index in [0.717, 1.165) is 31.4 Å². The van der Waals surface area contributed by atoms with E-state index >= 15 is 0 Å². The second-order valence-electron chi connectivity index (χ2n) is 6.00. The molecule has 6 nitrogen and oxygen atoms in total. The number of urea groups is 1. The van der Waals surface area contributed by atoms with Crippen molar-refractivity contribution in [2.24, 2.45) is 5.92 Å². The van der Waals surface area contributed by atoms with Crippen molar-refractivity contribution in [3.05, 3.63) is 10.6 Å². The van der Waals surface area contributed by atoms with Crippen LogP contribution in [-0.2, 0) is 17.6 Å². The van der Waals surface area contributed by atoms with Gasteiger partial charge < -0.3 is 10.0 Å². The maximum atomic E-state index is 12.3. The third kappa shape index (κ3) is 3.40. The lowest BCUT2D eigenvalue weighted by molar-refractivity contribution is -0.143. The number of aromatic nitrogens is 1. The summed E-state index contributed by atoms with van der Waals surface area (Å²) < 4.78 is 0. The van der Waals surface area contributed by atoms with Gasteiger partial charge in [0.2, 0.25) is 0 Å². The number of amides is 2. The molecule has 22 heavy (non-hydrogen) atoms. The molecule has 0 radical (unpaired) electrons. The number of nitrogens with one attached hydrogen (secondary N) is 1. The van der Waals surface area contributed by atoms with Crippen molar-refractivity contribution in [1.82, 2.24) is 9.88 Å². The third-order valence-electron chi connectivity index (χ3n) is 4.37. The van der Waals surface area contributed by atoms with E-state index in [9.17, 15) is 9.59 Å². The summed E-state index contributed by atoms with van der Waals surface area (Å²) in [7, 11) is 0. The number of nitrogens with zero attached hydrogens (tertiary/aromatic N) is 2. The van der Waals surface area contributed by atoms with Crippen LogP contribution < -0.4 is 5.32 Å². The van der Waals surface area contributed by atoms with Gasteiger partial charge in [-0.05, 0) is 38.5 Å². The van der Waals surface area contributed by atoms with Crippen LogP contribution in [0.25, 0.3) is 0 Å². The van der Waals surface area contributed by atoms with Crippen molar-refractivity contribution in [3.8, 4) is 0 Å². The highest BCUT2D eigenvalue weighted by Gasteiger charge is 2.28. The fraction of sp³-hybridized carbons (Fsp3) is 0.667. The summed E-state index contributed by atoms with van der Waals surface area (Å²) in [6.45, 7) is 0.896. The lowest BCUT2D eigenvalue weighted by atomic mass is 9.99. The first-order chi connectivity index (χ1) is 10.6. The minimum atomic E-state index is -0.821. The monoisotopic (exact) mass is 323 g/mol. The summed E-state index contributed by atoms with van der Waals surface area (Å²) >= 11 is 1.56. The summed E-state index contributed by atoms with van der Waals surface area (Å²) in [6, 6.07) is -0.227. The van der Waals surface area contributed by atoms with Gasteiger partial charge in [-0.2, -0.15) is 0 Å². The Hall–Kier alpha value is -1.63. The highest BCUT2D eigenvalue weighted by Crippen LogP contribution is 2.29. The molecule has 120 valence electrons. The van der Waals surface area contributed by atoms with Crippen molar-refractivity contribution in [2.45, 2.75) is 44.9 Å². The number of thiazole rings is 1. The average molecular weight is 323 g/mol. The van der Waals surface area contributed by atoms with Crippen molar-refractivity contribution in [2.75, 3.05) is 18.4 Å². The van der Waals surface area contributed by atoms with Gasteiger partial charge in [0.15, 0.2) is 5.13 Å². The minimum Gasteiger partial charge on any atom is -0.481 e. The number of aryl methyl sites for hydroxylation is 2. The maximum absolute atomic E-state index is 12.3. The van der Waals surface area contributed by atoms with Gasteiger partial charge in [0.05, 0.1) is 11.6 Å². The fourth-order valence-corrected chi connectivity index (χ4v) is 4.16. The van der Waals surface area contributed by atoms with Crippen LogP contribution in [0, 0.1) is 5.92 Å². The van der Waals surface area contributed by atoms with E-state index in [1.165, 1.54) is 17.7 Å². The van der Waals surface area contributed by atoms with Crippen LogP contribution in [0.3, 0.4) is 0 Å². The molecule has 1 saturated heterocycles. The van der Waals surface area contributed by atoms with Crippen molar-refractivity contribution >= 4 is 28.5 Å². The molecule has 0 aromatic carbocycles. The Morgan fingerprint density at radius 1 is 1.23 bits per heavy atom. The van der Waals surface area contributed by atoms with Crippen LogP contribution in [0.15, 0.2) is 0 Å². The van der Waals surface area contributed by atoms with Crippen LogP contribution in [0.5, 0.6) is 0 Å². The number of likely N-dealkylation sites (tertiary alicyclic amines) is 1. The Morgan fingerprint density at radius 2 is 2.05 bits per heavy atom. The average Bonchev–Trinajstić information content (AvgIpc) is 2.76. The molecule has 1 unspecified atom stereocenters. The Labute approximate surface area is 133 Å². The molecular weight excluding hydrogens is 302 g/mol. The van der Waals surface area contributed by atoms with Gasteiger partial charge in [-0.25, -0.2) is 9.78 Å². The van der Waals surface area contributed by atoms with E-state index < -0.39 is 11.9 Å². The zero-order valence-electron chi connectivity index (χ0n) is 12.5. The van der Waals surface area contributed by atoms with Crippen LogP contribution in [0.4, 0.5) is 9.93 Å². The number of carboxylic acid groups (broad SMARTS) is 1. The molecule has 3 rings (SSSR count). The summed E-state index contributed by atoms with van der Waals surface area (Å²) in [5.41, 5.74) is 1.12. The first-order valence-electron chi connectivity index (χ1n) is 7.91. The first kappa shape index (κ1) is 15.3. The fourth-order valence-electron chi connectivity index (χ4n) is 3.12. The maximum Gasteiger partial charge on any atom is 0.323 e. The second kappa shape index (κ2) is 6.64. The molecule has 2 N–H and O–H groups in total. The number of carbonyl (C=O) groups excluding carboxylic acids is 1.